The number of H-pyrrole nitrogens is 1. The minimum Gasteiger partial charge on any atom is -0.493 e. The molecule has 2 amide bonds. The molecule has 3 N–H and O–H groups in total. The van der Waals surface area contributed by atoms with Crippen molar-refractivity contribution < 1.29 is 19.4 Å². The van der Waals surface area contributed by atoms with Gasteiger partial charge in [0.05, 0.1) is 24.8 Å². The number of piperazine rings is 1. The van der Waals surface area contributed by atoms with Crippen LogP contribution in [-0.2, 0) is 6.42 Å². The molecule has 40 heavy (non-hydrogen) atoms. The molecule has 0 unspecified atom stereocenters. The van der Waals surface area contributed by atoms with Crippen molar-refractivity contribution in [2.24, 2.45) is 0 Å². The summed E-state index contributed by atoms with van der Waals surface area (Å²) in [5, 5.41) is 14.1. The summed E-state index contributed by atoms with van der Waals surface area (Å²) in [6, 6.07) is 20.5. The zero-order valence-electron chi connectivity index (χ0n) is 23.0. The van der Waals surface area contributed by atoms with Gasteiger partial charge in [0.2, 0.25) is 0 Å². The van der Waals surface area contributed by atoms with E-state index in [1.807, 2.05) is 72.6 Å². The second kappa shape index (κ2) is 12.4. The van der Waals surface area contributed by atoms with Crippen LogP contribution in [0.3, 0.4) is 0 Å². The fourth-order valence-corrected chi connectivity index (χ4v) is 5.16. The van der Waals surface area contributed by atoms with Gasteiger partial charge in [-0.2, -0.15) is 0 Å². The van der Waals surface area contributed by atoms with Crippen molar-refractivity contribution in [1.29, 1.82) is 0 Å². The fraction of sp³-hybridized carbons (Fsp3) is 0.312. The molecule has 1 fully saturated rings. The van der Waals surface area contributed by atoms with Gasteiger partial charge in [-0.05, 0) is 67.4 Å². The van der Waals surface area contributed by atoms with E-state index in [2.05, 4.69) is 22.2 Å². The predicted molar refractivity (Wildman–Crippen MR) is 157 cm³/mol. The molecule has 1 aliphatic rings. The van der Waals surface area contributed by atoms with Crippen molar-refractivity contribution in [1.82, 2.24) is 20.1 Å². The second-order valence-corrected chi connectivity index (χ2v) is 10.2. The molecule has 1 atom stereocenters. The highest BCUT2D eigenvalue weighted by Gasteiger charge is 2.22. The van der Waals surface area contributed by atoms with E-state index in [1.165, 1.54) is 0 Å². The number of hydrogen-bond donors (Lipinski definition) is 3. The van der Waals surface area contributed by atoms with Crippen LogP contribution in [0.4, 0.5) is 0 Å². The average Bonchev–Trinajstić information content (AvgIpc) is 3.40. The molecule has 5 rings (SSSR count). The number of carbonyl (C=O) groups is 2. The summed E-state index contributed by atoms with van der Waals surface area (Å²) < 4.78 is 5.77. The molecule has 2 heterocycles. The average molecular weight is 541 g/mol. The highest BCUT2D eigenvalue weighted by molar-refractivity contribution is 5.99. The van der Waals surface area contributed by atoms with Crippen LogP contribution < -0.4 is 10.1 Å². The number of likely N-dealkylation sites (N-methyl/N-ethyl adjacent to an activating group) is 1. The van der Waals surface area contributed by atoms with E-state index < -0.39 is 6.04 Å². The zero-order valence-corrected chi connectivity index (χ0v) is 23.0. The number of rotatable bonds is 9. The third kappa shape index (κ3) is 6.03. The number of aliphatic hydroxyl groups is 1. The SMILES string of the molecule is CCOc1ccc(-c2ccc(C(=O)N3CCN(C)CC3)cc2)cc1C(=O)N[C@@H](CO)Cc1c[nH]c2ccccc12. The lowest BCUT2D eigenvalue weighted by Gasteiger charge is -2.32. The number of ether oxygens (including phenoxy) is 1. The van der Waals surface area contributed by atoms with Crippen molar-refractivity contribution in [3.05, 3.63) is 89.6 Å². The molecule has 0 bridgehead atoms. The van der Waals surface area contributed by atoms with E-state index in [1.54, 1.807) is 12.1 Å². The maximum Gasteiger partial charge on any atom is 0.255 e. The number of fused-ring (bicyclic) bond motifs is 1. The van der Waals surface area contributed by atoms with E-state index in [4.69, 9.17) is 4.74 Å². The molecule has 0 spiro atoms. The van der Waals surface area contributed by atoms with Gasteiger partial charge in [0.15, 0.2) is 0 Å². The summed E-state index contributed by atoms with van der Waals surface area (Å²) in [4.78, 5) is 33.8. The van der Waals surface area contributed by atoms with Crippen LogP contribution in [-0.4, -0.2) is 84.2 Å². The van der Waals surface area contributed by atoms with Gasteiger partial charge in [0.25, 0.3) is 11.8 Å². The van der Waals surface area contributed by atoms with Crippen LogP contribution >= 0.6 is 0 Å². The highest BCUT2D eigenvalue weighted by Crippen LogP contribution is 2.28. The number of hydrogen-bond acceptors (Lipinski definition) is 5. The molecule has 1 aromatic heterocycles. The number of aromatic nitrogens is 1. The van der Waals surface area contributed by atoms with Gasteiger partial charge in [0.1, 0.15) is 5.75 Å². The molecule has 208 valence electrons. The summed E-state index contributed by atoms with van der Waals surface area (Å²) in [6.45, 7) is 5.30. The standard InChI is InChI=1S/C32H36N4O4/c1-3-40-30-13-12-24(22-8-10-23(11-9-22)32(39)36-16-14-35(2)15-17-36)19-28(30)31(38)34-26(21-37)18-25-20-33-29-7-5-4-6-27(25)29/h4-13,19-20,26,33,37H,3,14-18,21H2,1-2H3,(H,34,38)/t26-/m1/s1. The quantitative estimate of drug-likeness (QED) is 0.299. The maximum atomic E-state index is 13.5. The third-order valence-electron chi connectivity index (χ3n) is 7.48. The van der Waals surface area contributed by atoms with Gasteiger partial charge in [0, 0.05) is 48.8 Å². The number of nitrogens with one attached hydrogen (secondary N) is 2. The molecule has 1 aliphatic heterocycles. The molecule has 8 nitrogen and oxygen atoms in total. The Labute approximate surface area is 234 Å². The van der Waals surface area contributed by atoms with Crippen LogP contribution in [0.1, 0.15) is 33.2 Å². The molecule has 3 aromatic carbocycles. The topological polar surface area (TPSA) is 97.9 Å². The van der Waals surface area contributed by atoms with Crippen LogP contribution in [0, 0.1) is 0 Å². The Morgan fingerprint density at radius 3 is 2.45 bits per heavy atom. The predicted octanol–water partition coefficient (Wildman–Crippen LogP) is 3.95. The first-order chi connectivity index (χ1) is 19.5. The van der Waals surface area contributed by atoms with Gasteiger partial charge in [-0.1, -0.05) is 36.4 Å². The Kier molecular flexibility index (Phi) is 8.48. The van der Waals surface area contributed by atoms with E-state index in [9.17, 15) is 14.7 Å². The minimum absolute atomic E-state index is 0.0386. The fourth-order valence-electron chi connectivity index (χ4n) is 5.16. The lowest BCUT2D eigenvalue weighted by molar-refractivity contribution is 0.0664. The number of carbonyl (C=O) groups excluding carboxylic acids is 2. The van der Waals surface area contributed by atoms with Gasteiger partial charge >= 0.3 is 0 Å². The second-order valence-electron chi connectivity index (χ2n) is 10.2. The Bertz CT molecular complexity index is 1470. The van der Waals surface area contributed by atoms with Gasteiger partial charge in [-0.15, -0.1) is 0 Å². The first kappa shape index (κ1) is 27.4. The zero-order chi connectivity index (χ0) is 28.1. The van der Waals surface area contributed by atoms with Crippen molar-refractivity contribution in [3.8, 4) is 16.9 Å². The molecule has 0 aliphatic carbocycles. The number of benzene rings is 3. The normalized spacial score (nSPS) is 14.7. The Balaban J connectivity index is 1.33. The lowest BCUT2D eigenvalue weighted by atomic mass is 9.99. The molecule has 1 saturated heterocycles. The largest absolute Gasteiger partial charge is 0.493 e. The molecule has 8 heteroatoms. The highest BCUT2D eigenvalue weighted by atomic mass is 16.5. The Hall–Kier alpha value is -4.14. The molecule has 0 saturated carbocycles. The van der Waals surface area contributed by atoms with E-state index in [-0.39, 0.29) is 18.4 Å². The van der Waals surface area contributed by atoms with Crippen molar-refractivity contribution in [3.63, 3.8) is 0 Å². The number of aliphatic hydroxyl groups excluding tert-OH is 1. The van der Waals surface area contributed by atoms with Crippen molar-refractivity contribution in [2.45, 2.75) is 19.4 Å². The first-order valence-electron chi connectivity index (χ1n) is 13.8. The van der Waals surface area contributed by atoms with E-state index in [0.29, 0.717) is 29.9 Å². The van der Waals surface area contributed by atoms with Gasteiger partial charge in [-0.3, -0.25) is 9.59 Å². The summed E-state index contributed by atoms with van der Waals surface area (Å²) in [5.74, 6) is 0.206. The van der Waals surface area contributed by atoms with Gasteiger partial charge < -0.3 is 29.9 Å². The minimum atomic E-state index is -0.468. The van der Waals surface area contributed by atoms with E-state index >= 15 is 0 Å². The molecule has 4 aromatic rings. The monoisotopic (exact) mass is 540 g/mol. The first-order valence-corrected chi connectivity index (χ1v) is 13.8. The van der Waals surface area contributed by atoms with Crippen LogP contribution in [0.15, 0.2) is 72.9 Å². The van der Waals surface area contributed by atoms with Crippen molar-refractivity contribution in [2.75, 3.05) is 46.4 Å². The van der Waals surface area contributed by atoms with Crippen molar-refractivity contribution >= 4 is 22.7 Å². The maximum absolute atomic E-state index is 13.5. The number of aromatic amines is 1. The van der Waals surface area contributed by atoms with Crippen LogP contribution in [0.5, 0.6) is 5.75 Å². The number of nitrogens with zero attached hydrogens (tertiary/aromatic N) is 2. The summed E-state index contributed by atoms with van der Waals surface area (Å²) in [7, 11) is 2.07. The molecular weight excluding hydrogens is 504 g/mol. The third-order valence-corrected chi connectivity index (χ3v) is 7.48. The van der Waals surface area contributed by atoms with Crippen LogP contribution in [0.2, 0.25) is 0 Å². The van der Waals surface area contributed by atoms with E-state index in [0.717, 1.165) is 53.8 Å². The van der Waals surface area contributed by atoms with Gasteiger partial charge in [-0.25, -0.2) is 0 Å². The summed E-state index contributed by atoms with van der Waals surface area (Å²) >= 11 is 0. The van der Waals surface area contributed by atoms with Crippen LogP contribution in [0.25, 0.3) is 22.0 Å². The number of amides is 2. The Morgan fingerprint density at radius 2 is 1.73 bits per heavy atom. The molecule has 0 radical (unpaired) electrons. The number of para-hydroxylation sites is 1. The summed E-state index contributed by atoms with van der Waals surface area (Å²) in [6.07, 6.45) is 2.41. The smallest absolute Gasteiger partial charge is 0.255 e. The molecular formula is C32H36N4O4. The lowest BCUT2D eigenvalue weighted by Crippen LogP contribution is -2.47. The Morgan fingerprint density at radius 1 is 1.00 bits per heavy atom. The summed E-state index contributed by atoms with van der Waals surface area (Å²) in [5.41, 5.74) is 4.83.